The number of rotatable bonds is 5. The Morgan fingerprint density at radius 3 is 2.85 bits per heavy atom. The van der Waals surface area contributed by atoms with Crippen LogP contribution in [-0.4, -0.2) is 32.0 Å². The fourth-order valence-corrected chi connectivity index (χ4v) is 2.25. The van der Waals surface area contributed by atoms with Crippen LogP contribution in [0.5, 0.6) is 0 Å². The number of anilines is 1. The van der Waals surface area contributed by atoms with Crippen LogP contribution < -0.4 is 16.0 Å². The number of carbonyl (C=O) groups is 2. The van der Waals surface area contributed by atoms with E-state index >= 15 is 0 Å². The van der Waals surface area contributed by atoms with Crippen molar-refractivity contribution in [2.45, 2.75) is 18.8 Å². The van der Waals surface area contributed by atoms with Crippen molar-refractivity contribution in [3.05, 3.63) is 29.8 Å². The number of hydrogen-bond donors (Lipinski definition) is 3. The predicted octanol–water partition coefficient (Wildman–Crippen LogP) is 1.26. The van der Waals surface area contributed by atoms with Gasteiger partial charge in [-0.05, 0) is 31.6 Å². The van der Waals surface area contributed by atoms with Crippen LogP contribution in [0.2, 0.25) is 0 Å². The van der Waals surface area contributed by atoms with Gasteiger partial charge in [0.2, 0.25) is 11.8 Å². The number of para-hydroxylation sites is 1. The molecule has 1 aromatic rings. The van der Waals surface area contributed by atoms with Crippen LogP contribution in [0.1, 0.15) is 24.3 Å². The van der Waals surface area contributed by atoms with Gasteiger partial charge in [-0.15, -0.1) is 12.4 Å². The molecule has 0 saturated heterocycles. The summed E-state index contributed by atoms with van der Waals surface area (Å²) < 4.78 is 0. The van der Waals surface area contributed by atoms with E-state index < -0.39 is 0 Å². The van der Waals surface area contributed by atoms with Crippen molar-refractivity contribution >= 4 is 29.9 Å². The maximum Gasteiger partial charge on any atom is 0.228 e. The van der Waals surface area contributed by atoms with Crippen LogP contribution in [0.25, 0.3) is 0 Å². The van der Waals surface area contributed by atoms with Crippen molar-refractivity contribution in [1.82, 2.24) is 10.6 Å². The van der Waals surface area contributed by atoms with Gasteiger partial charge in [-0.2, -0.15) is 0 Å². The van der Waals surface area contributed by atoms with Gasteiger partial charge in [0.1, 0.15) is 0 Å². The number of hydrogen-bond acceptors (Lipinski definition) is 3. The molecule has 1 aliphatic rings. The van der Waals surface area contributed by atoms with Crippen LogP contribution in [0, 0.1) is 0 Å². The Morgan fingerprint density at radius 2 is 2.10 bits per heavy atom. The van der Waals surface area contributed by atoms with E-state index in [1.54, 1.807) is 0 Å². The molecule has 0 bridgehead atoms. The summed E-state index contributed by atoms with van der Waals surface area (Å²) in [4.78, 5) is 23.8. The Morgan fingerprint density at radius 1 is 1.35 bits per heavy atom. The van der Waals surface area contributed by atoms with Gasteiger partial charge in [0.25, 0.3) is 0 Å². The first-order valence-corrected chi connectivity index (χ1v) is 6.53. The van der Waals surface area contributed by atoms with Gasteiger partial charge in [0, 0.05) is 18.7 Å². The molecule has 5 nitrogen and oxygen atoms in total. The predicted molar refractivity (Wildman–Crippen MR) is 81.2 cm³/mol. The number of benzene rings is 1. The molecule has 3 N–H and O–H groups in total. The molecule has 0 spiro atoms. The summed E-state index contributed by atoms with van der Waals surface area (Å²) in [5.74, 6) is -0.549. The molecule has 1 unspecified atom stereocenters. The highest BCUT2D eigenvalue weighted by atomic mass is 35.5. The minimum Gasteiger partial charge on any atom is -0.356 e. The fraction of sp³-hybridized carbons (Fsp3) is 0.429. The Kier molecular flexibility index (Phi) is 6.48. The second-order valence-corrected chi connectivity index (χ2v) is 4.64. The number of fused-ring (bicyclic) bond motifs is 1. The molecule has 20 heavy (non-hydrogen) atoms. The number of nitrogens with one attached hydrogen (secondary N) is 3. The monoisotopic (exact) mass is 297 g/mol. The summed E-state index contributed by atoms with van der Waals surface area (Å²) in [6.45, 7) is 1.49. The quantitative estimate of drug-likeness (QED) is 0.717. The first-order chi connectivity index (χ1) is 9.22. The summed E-state index contributed by atoms with van der Waals surface area (Å²) in [5.41, 5.74) is 1.64. The Bertz CT molecular complexity index is 479. The molecule has 0 aromatic heterocycles. The molecule has 110 valence electrons. The highest BCUT2D eigenvalue weighted by Gasteiger charge is 2.29. The van der Waals surface area contributed by atoms with E-state index in [9.17, 15) is 9.59 Å². The second kappa shape index (κ2) is 7.87. The van der Waals surface area contributed by atoms with E-state index in [0.29, 0.717) is 6.54 Å². The number of amides is 2. The summed E-state index contributed by atoms with van der Waals surface area (Å²) in [6, 6.07) is 7.46. The first-order valence-electron chi connectivity index (χ1n) is 6.53. The molecular weight excluding hydrogens is 278 g/mol. The van der Waals surface area contributed by atoms with Crippen LogP contribution in [0.4, 0.5) is 5.69 Å². The van der Waals surface area contributed by atoms with Crippen molar-refractivity contribution in [1.29, 1.82) is 0 Å². The van der Waals surface area contributed by atoms with Gasteiger partial charge < -0.3 is 16.0 Å². The SMILES string of the molecule is CNCCCNC(=O)C1CC(=O)Nc2ccccc21.Cl. The maximum atomic E-state index is 12.2. The molecule has 1 aliphatic heterocycles. The zero-order valence-electron chi connectivity index (χ0n) is 11.4. The van der Waals surface area contributed by atoms with Gasteiger partial charge in [-0.25, -0.2) is 0 Å². The largest absolute Gasteiger partial charge is 0.356 e. The zero-order chi connectivity index (χ0) is 13.7. The van der Waals surface area contributed by atoms with E-state index in [4.69, 9.17) is 0 Å². The van der Waals surface area contributed by atoms with Gasteiger partial charge in [-0.1, -0.05) is 18.2 Å². The Labute approximate surface area is 124 Å². The highest BCUT2D eigenvalue weighted by molar-refractivity contribution is 6.01. The van der Waals surface area contributed by atoms with Crippen LogP contribution in [-0.2, 0) is 9.59 Å². The molecule has 1 aromatic carbocycles. The third kappa shape index (κ3) is 3.95. The van der Waals surface area contributed by atoms with E-state index in [2.05, 4.69) is 16.0 Å². The topological polar surface area (TPSA) is 70.2 Å². The van der Waals surface area contributed by atoms with Crippen molar-refractivity contribution in [3.63, 3.8) is 0 Å². The molecule has 2 amide bonds. The molecule has 0 aliphatic carbocycles. The lowest BCUT2D eigenvalue weighted by molar-refractivity contribution is -0.126. The molecule has 2 rings (SSSR count). The molecule has 1 heterocycles. The third-order valence-corrected chi connectivity index (χ3v) is 3.22. The van der Waals surface area contributed by atoms with E-state index in [1.165, 1.54) is 0 Å². The minimum atomic E-state index is -0.375. The average Bonchev–Trinajstić information content (AvgIpc) is 2.42. The van der Waals surface area contributed by atoms with Crippen molar-refractivity contribution in [3.8, 4) is 0 Å². The molecule has 6 heteroatoms. The fourth-order valence-electron chi connectivity index (χ4n) is 2.25. The molecule has 1 atom stereocenters. The van der Waals surface area contributed by atoms with Crippen molar-refractivity contribution in [2.75, 3.05) is 25.5 Å². The highest BCUT2D eigenvalue weighted by Crippen LogP contribution is 2.31. The average molecular weight is 298 g/mol. The van der Waals surface area contributed by atoms with Gasteiger partial charge in [0.15, 0.2) is 0 Å². The number of halogens is 1. The Balaban J connectivity index is 0.00000200. The van der Waals surface area contributed by atoms with Gasteiger partial charge >= 0.3 is 0 Å². The summed E-state index contributed by atoms with van der Waals surface area (Å²) in [5, 5.41) is 8.71. The van der Waals surface area contributed by atoms with Crippen molar-refractivity contribution < 1.29 is 9.59 Å². The Hall–Kier alpha value is -1.59. The lowest BCUT2D eigenvalue weighted by atomic mass is 9.90. The van der Waals surface area contributed by atoms with Crippen LogP contribution >= 0.6 is 12.4 Å². The molecule has 0 fully saturated rings. The standard InChI is InChI=1S/C14H19N3O2.ClH/c1-15-7-4-8-16-14(19)11-9-13(18)17-12-6-3-2-5-10(11)12;/h2-3,5-6,11,15H,4,7-9H2,1H3,(H,16,19)(H,17,18);1H. The van der Waals surface area contributed by atoms with E-state index in [-0.39, 0.29) is 36.6 Å². The van der Waals surface area contributed by atoms with Crippen molar-refractivity contribution in [2.24, 2.45) is 0 Å². The molecule has 0 radical (unpaired) electrons. The van der Waals surface area contributed by atoms with Gasteiger partial charge in [-0.3, -0.25) is 9.59 Å². The summed E-state index contributed by atoms with van der Waals surface area (Å²) in [6.07, 6.45) is 1.09. The lowest BCUT2D eigenvalue weighted by Crippen LogP contribution is -2.36. The lowest BCUT2D eigenvalue weighted by Gasteiger charge is -2.24. The van der Waals surface area contributed by atoms with Crippen LogP contribution in [0.3, 0.4) is 0 Å². The smallest absolute Gasteiger partial charge is 0.228 e. The maximum absolute atomic E-state index is 12.2. The zero-order valence-corrected chi connectivity index (χ0v) is 12.3. The summed E-state index contributed by atoms with van der Waals surface area (Å²) >= 11 is 0. The summed E-state index contributed by atoms with van der Waals surface area (Å²) in [7, 11) is 1.88. The second-order valence-electron chi connectivity index (χ2n) is 4.64. The number of carbonyl (C=O) groups excluding carboxylic acids is 2. The van der Waals surface area contributed by atoms with E-state index in [1.807, 2.05) is 31.3 Å². The van der Waals surface area contributed by atoms with Gasteiger partial charge in [0.05, 0.1) is 5.92 Å². The van der Waals surface area contributed by atoms with E-state index in [0.717, 1.165) is 24.2 Å². The molecule has 0 saturated carbocycles. The minimum absolute atomic E-state index is 0. The first kappa shape index (κ1) is 16.5. The van der Waals surface area contributed by atoms with Crippen LogP contribution in [0.15, 0.2) is 24.3 Å². The normalized spacial score (nSPS) is 16.6. The third-order valence-electron chi connectivity index (χ3n) is 3.22. The molecular formula is C14H20ClN3O2.